The maximum Gasteiger partial charge on any atom is 0.338 e. The average Bonchev–Trinajstić information content (AvgIpc) is 2.59. The number of carbonyl (C=O) groups excluding carboxylic acids is 2. The molecule has 0 aliphatic carbocycles. The first-order chi connectivity index (χ1) is 11.9. The van der Waals surface area contributed by atoms with E-state index in [4.69, 9.17) is 18.9 Å². The minimum absolute atomic E-state index is 0.0289. The van der Waals surface area contributed by atoms with E-state index in [1.165, 1.54) is 13.2 Å². The van der Waals surface area contributed by atoms with Crippen LogP contribution in [0.3, 0.4) is 0 Å². The minimum Gasteiger partial charge on any atom is -0.493 e. The van der Waals surface area contributed by atoms with E-state index in [1.54, 1.807) is 17.0 Å². The number of ether oxygens (including phenoxy) is 4. The van der Waals surface area contributed by atoms with Gasteiger partial charge < -0.3 is 23.8 Å². The summed E-state index contributed by atoms with van der Waals surface area (Å²) in [5.74, 6) is 0.185. The first-order valence-electron chi connectivity index (χ1n) is 8.35. The molecule has 1 saturated heterocycles. The van der Waals surface area contributed by atoms with Crippen LogP contribution in [0.2, 0.25) is 0 Å². The number of methoxy groups -OCH3 is 1. The molecule has 1 amide bonds. The van der Waals surface area contributed by atoms with Gasteiger partial charge in [0.15, 0.2) is 18.1 Å². The van der Waals surface area contributed by atoms with Crippen LogP contribution in [0.1, 0.15) is 31.1 Å². The van der Waals surface area contributed by atoms with Gasteiger partial charge in [0.1, 0.15) is 0 Å². The van der Waals surface area contributed by atoms with Crippen LogP contribution in [0.4, 0.5) is 0 Å². The topological polar surface area (TPSA) is 74.3 Å². The Kier molecular flexibility index (Phi) is 6.64. The highest BCUT2D eigenvalue weighted by molar-refractivity contribution is 5.92. The molecule has 2 rings (SSSR count). The lowest BCUT2D eigenvalue weighted by atomic mass is 10.2. The van der Waals surface area contributed by atoms with Crippen molar-refractivity contribution < 1.29 is 28.5 Å². The number of nitrogens with zero attached hydrogens (tertiary/aromatic N) is 1. The zero-order valence-corrected chi connectivity index (χ0v) is 15.1. The highest BCUT2D eigenvalue weighted by atomic mass is 16.5. The van der Waals surface area contributed by atoms with E-state index in [2.05, 4.69) is 0 Å². The molecule has 1 aliphatic heterocycles. The van der Waals surface area contributed by atoms with Gasteiger partial charge in [0.25, 0.3) is 5.91 Å². The molecule has 1 aromatic carbocycles. The fourth-order valence-corrected chi connectivity index (χ4v) is 2.75. The Bertz CT molecular complexity index is 608. The van der Waals surface area contributed by atoms with E-state index < -0.39 is 5.97 Å². The molecule has 7 nitrogen and oxygen atoms in total. The predicted molar refractivity (Wildman–Crippen MR) is 91.0 cm³/mol. The van der Waals surface area contributed by atoms with Crippen LogP contribution in [0, 0.1) is 0 Å². The molecule has 0 N–H and O–H groups in total. The lowest BCUT2D eigenvalue weighted by Gasteiger charge is -2.35. The molecule has 1 fully saturated rings. The van der Waals surface area contributed by atoms with Gasteiger partial charge >= 0.3 is 5.97 Å². The minimum atomic E-state index is -0.580. The normalized spacial score (nSPS) is 20.1. The van der Waals surface area contributed by atoms with Gasteiger partial charge in [-0.25, -0.2) is 4.79 Å². The molecular weight excluding hydrogens is 326 g/mol. The van der Waals surface area contributed by atoms with Gasteiger partial charge in [0.05, 0.1) is 31.5 Å². The number of rotatable bonds is 6. The number of hydrogen-bond acceptors (Lipinski definition) is 6. The standard InChI is InChI=1S/C18H25NO6/c1-5-23-15-7-6-14(8-16(15)22-4)18(21)24-11-17(20)19-9-12(2)25-13(3)10-19/h6-8,12-13H,5,9-11H2,1-4H3/t12-,13+. The number of amides is 1. The molecular formula is C18H25NO6. The van der Waals surface area contributed by atoms with Crippen molar-refractivity contribution in [2.45, 2.75) is 33.0 Å². The number of carbonyl (C=O) groups is 2. The summed E-state index contributed by atoms with van der Waals surface area (Å²) in [5, 5.41) is 0. The number of morpholine rings is 1. The SMILES string of the molecule is CCOc1ccc(C(=O)OCC(=O)N2C[C@@H](C)O[C@@H](C)C2)cc1OC. The maximum absolute atomic E-state index is 12.2. The summed E-state index contributed by atoms with van der Waals surface area (Å²) >= 11 is 0. The van der Waals surface area contributed by atoms with Crippen LogP contribution in [-0.2, 0) is 14.3 Å². The molecule has 1 aromatic rings. The van der Waals surface area contributed by atoms with Crippen molar-refractivity contribution in [1.29, 1.82) is 0 Å². The van der Waals surface area contributed by atoms with E-state index in [9.17, 15) is 9.59 Å². The Balaban J connectivity index is 1.94. The Morgan fingerprint density at radius 3 is 2.48 bits per heavy atom. The Morgan fingerprint density at radius 2 is 1.88 bits per heavy atom. The molecule has 0 radical (unpaired) electrons. The average molecular weight is 351 g/mol. The number of esters is 1. The third-order valence-electron chi connectivity index (χ3n) is 3.80. The summed E-state index contributed by atoms with van der Waals surface area (Å²) in [6, 6.07) is 4.77. The molecule has 25 heavy (non-hydrogen) atoms. The van der Waals surface area contributed by atoms with Crippen LogP contribution in [0.5, 0.6) is 11.5 Å². The highest BCUT2D eigenvalue weighted by Gasteiger charge is 2.26. The Morgan fingerprint density at radius 1 is 1.20 bits per heavy atom. The summed E-state index contributed by atoms with van der Waals surface area (Å²) in [7, 11) is 1.50. The van der Waals surface area contributed by atoms with Crippen molar-refractivity contribution >= 4 is 11.9 Å². The fraction of sp³-hybridized carbons (Fsp3) is 0.556. The van der Waals surface area contributed by atoms with Crippen molar-refractivity contribution in [3.63, 3.8) is 0 Å². The van der Waals surface area contributed by atoms with E-state index in [0.29, 0.717) is 36.8 Å². The van der Waals surface area contributed by atoms with Crippen molar-refractivity contribution in [2.75, 3.05) is 33.4 Å². The third kappa shape index (κ3) is 5.09. The third-order valence-corrected chi connectivity index (χ3v) is 3.80. The molecule has 0 spiro atoms. The molecule has 0 bridgehead atoms. The van der Waals surface area contributed by atoms with E-state index in [0.717, 1.165) is 0 Å². The molecule has 1 aliphatic rings. The summed E-state index contributed by atoms with van der Waals surface area (Å²) in [6.07, 6.45) is -0.0578. The summed E-state index contributed by atoms with van der Waals surface area (Å²) in [6.45, 7) is 6.87. The molecule has 7 heteroatoms. The molecule has 2 atom stereocenters. The van der Waals surface area contributed by atoms with E-state index in [1.807, 2.05) is 20.8 Å². The van der Waals surface area contributed by atoms with Gasteiger partial charge in [-0.2, -0.15) is 0 Å². The predicted octanol–water partition coefficient (Wildman–Crippen LogP) is 1.89. The summed E-state index contributed by atoms with van der Waals surface area (Å²) in [4.78, 5) is 26.1. The van der Waals surface area contributed by atoms with Gasteiger partial charge in [-0.05, 0) is 39.0 Å². The van der Waals surface area contributed by atoms with Crippen LogP contribution in [-0.4, -0.2) is 62.4 Å². The quantitative estimate of drug-likeness (QED) is 0.729. The van der Waals surface area contributed by atoms with Gasteiger partial charge in [-0.3, -0.25) is 4.79 Å². The van der Waals surface area contributed by atoms with Crippen molar-refractivity contribution in [1.82, 2.24) is 4.90 Å². The zero-order valence-electron chi connectivity index (χ0n) is 15.1. The summed E-state index contributed by atoms with van der Waals surface area (Å²) in [5.41, 5.74) is 0.303. The largest absolute Gasteiger partial charge is 0.493 e. The second-order valence-corrected chi connectivity index (χ2v) is 5.93. The van der Waals surface area contributed by atoms with E-state index in [-0.39, 0.29) is 24.7 Å². The number of benzene rings is 1. The monoisotopic (exact) mass is 351 g/mol. The maximum atomic E-state index is 12.2. The zero-order chi connectivity index (χ0) is 18.4. The van der Waals surface area contributed by atoms with Crippen LogP contribution in [0.25, 0.3) is 0 Å². The fourth-order valence-electron chi connectivity index (χ4n) is 2.75. The lowest BCUT2D eigenvalue weighted by molar-refractivity contribution is -0.146. The second kappa shape index (κ2) is 8.71. The molecule has 138 valence electrons. The number of hydrogen-bond donors (Lipinski definition) is 0. The molecule has 1 heterocycles. The van der Waals surface area contributed by atoms with Crippen molar-refractivity contribution in [2.24, 2.45) is 0 Å². The highest BCUT2D eigenvalue weighted by Crippen LogP contribution is 2.28. The van der Waals surface area contributed by atoms with Gasteiger partial charge in [-0.1, -0.05) is 0 Å². The molecule has 0 aromatic heterocycles. The smallest absolute Gasteiger partial charge is 0.338 e. The van der Waals surface area contributed by atoms with Crippen LogP contribution >= 0.6 is 0 Å². The van der Waals surface area contributed by atoms with Crippen LogP contribution in [0.15, 0.2) is 18.2 Å². The van der Waals surface area contributed by atoms with Crippen molar-refractivity contribution in [3.05, 3.63) is 23.8 Å². The van der Waals surface area contributed by atoms with Crippen LogP contribution < -0.4 is 9.47 Å². The first-order valence-corrected chi connectivity index (χ1v) is 8.35. The van der Waals surface area contributed by atoms with Crippen molar-refractivity contribution in [3.8, 4) is 11.5 Å². The van der Waals surface area contributed by atoms with Gasteiger partial charge in [0.2, 0.25) is 0 Å². The molecule has 0 unspecified atom stereocenters. The molecule has 0 saturated carbocycles. The lowest BCUT2D eigenvalue weighted by Crippen LogP contribution is -2.49. The Hall–Kier alpha value is -2.28. The first kappa shape index (κ1) is 19.1. The van der Waals surface area contributed by atoms with E-state index >= 15 is 0 Å². The van der Waals surface area contributed by atoms with Gasteiger partial charge in [0, 0.05) is 13.1 Å². The second-order valence-electron chi connectivity index (χ2n) is 5.93. The Labute approximate surface area is 147 Å². The van der Waals surface area contributed by atoms with Gasteiger partial charge in [-0.15, -0.1) is 0 Å². The summed E-state index contributed by atoms with van der Waals surface area (Å²) < 4.78 is 21.4.